The summed E-state index contributed by atoms with van der Waals surface area (Å²) in [6.07, 6.45) is 0. The summed E-state index contributed by atoms with van der Waals surface area (Å²) in [5.41, 5.74) is 7.67. The summed E-state index contributed by atoms with van der Waals surface area (Å²) < 4.78 is 13.1. The van der Waals surface area contributed by atoms with Crippen LogP contribution in [-0.2, 0) is 6.54 Å². The summed E-state index contributed by atoms with van der Waals surface area (Å²) in [5, 5.41) is 3.83. The second-order valence-electron chi connectivity index (χ2n) is 3.83. The van der Waals surface area contributed by atoms with Crippen molar-refractivity contribution < 1.29 is 4.39 Å². The highest BCUT2D eigenvalue weighted by Gasteiger charge is 2.05. The molecule has 0 bridgehead atoms. The molecular weight excluding hydrogens is 274 g/mol. The van der Waals surface area contributed by atoms with Crippen molar-refractivity contribution in [2.24, 2.45) is 0 Å². The molecule has 0 aliphatic carbocycles. The minimum atomic E-state index is -0.522. The molecule has 0 unspecified atom stereocenters. The third kappa shape index (κ3) is 3.06. The first kappa shape index (κ1) is 13.0. The normalized spacial score (nSPS) is 10.4. The van der Waals surface area contributed by atoms with E-state index in [2.05, 4.69) is 5.32 Å². The van der Waals surface area contributed by atoms with Gasteiger partial charge in [-0.1, -0.05) is 35.3 Å². The van der Waals surface area contributed by atoms with E-state index < -0.39 is 5.82 Å². The number of nitrogen functional groups attached to an aromatic ring is 1. The van der Waals surface area contributed by atoms with Gasteiger partial charge >= 0.3 is 0 Å². The molecule has 0 heterocycles. The van der Waals surface area contributed by atoms with Crippen LogP contribution in [0, 0.1) is 5.82 Å². The van der Waals surface area contributed by atoms with E-state index in [4.69, 9.17) is 28.9 Å². The van der Waals surface area contributed by atoms with Gasteiger partial charge in [-0.3, -0.25) is 0 Å². The summed E-state index contributed by atoms with van der Waals surface area (Å²) in [7, 11) is 0. The largest absolute Gasteiger partial charge is 0.397 e. The van der Waals surface area contributed by atoms with Crippen molar-refractivity contribution in [3.05, 3.63) is 57.8 Å². The van der Waals surface area contributed by atoms with E-state index in [1.807, 2.05) is 12.1 Å². The number of hydrogen-bond acceptors (Lipinski definition) is 2. The third-order valence-corrected chi connectivity index (χ3v) is 3.03. The molecule has 0 radical (unpaired) electrons. The van der Waals surface area contributed by atoms with Crippen LogP contribution in [0.15, 0.2) is 36.4 Å². The van der Waals surface area contributed by atoms with Crippen molar-refractivity contribution in [2.45, 2.75) is 6.54 Å². The Hall–Kier alpha value is -1.45. The molecule has 3 N–H and O–H groups in total. The molecule has 2 aromatic carbocycles. The molecule has 0 atom stereocenters. The Morgan fingerprint density at radius 2 is 1.78 bits per heavy atom. The summed E-state index contributed by atoms with van der Waals surface area (Å²) in [6, 6.07) is 10.1. The molecule has 0 aromatic heterocycles. The second kappa shape index (κ2) is 5.46. The van der Waals surface area contributed by atoms with E-state index in [1.54, 1.807) is 12.1 Å². The van der Waals surface area contributed by atoms with Gasteiger partial charge in [-0.2, -0.15) is 0 Å². The van der Waals surface area contributed by atoms with Crippen LogP contribution in [0.5, 0.6) is 0 Å². The maximum atomic E-state index is 13.1. The lowest BCUT2D eigenvalue weighted by atomic mass is 10.2. The second-order valence-corrected chi connectivity index (χ2v) is 4.68. The van der Waals surface area contributed by atoms with Gasteiger partial charge in [0.1, 0.15) is 5.82 Å². The number of halogens is 3. The molecule has 2 aromatic rings. The molecule has 94 valence electrons. The first-order valence-corrected chi connectivity index (χ1v) is 6.04. The first-order valence-electron chi connectivity index (χ1n) is 5.29. The van der Waals surface area contributed by atoms with Crippen LogP contribution in [-0.4, -0.2) is 0 Å². The van der Waals surface area contributed by atoms with Gasteiger partial charge in [0, 0.05) is 17.6 Å². The molecule has 2 nitrogen and oxygen atoms in total. The van der Waals surface area contributed by atoms with Gasteiger partial charge < -0.3 is 11.1 Å². The lowest BCUT2D eigenvalue weighted by molar-refractivity contribution is 0.629. The lowest BCUT2D eigenvalue weighted by Gasteiger charge is -2.10. The fraction of sp³-hybridized carbons (Fsp3) is 0.0769. The number of benzene rings is 2. The third-order valence-electron chi connectivity index (χ3n) is 2.49. The molecule has 0 aliphatic heterocycles. The van der Waals surface area contributed by atoms with Gasteiger partial charge in [0.15, 0.2) is 0 Å². The van der Waals surface area contributed by atoms with Crippen molar-refractivity contribution >= 4 is 34.6 Å². The molecule has 0 aliphatic rings. The van der Waals surface area contributed by atoms with E-state index in [9.17, 15) is 4.39 Å². The fourth-order valence-corrected chi connectivity index (χ4v) is 1.80. The molecule has 18 heavy (non-hydrogen) atoms. The minimum Gasteiger partial charge on any atom is -0.397 e. The number of nitrogens with one attached hydrogen (secondary N) is 1. The highest BCUT2D eigenvalue weighted by Crippen LogP contribution is 2.26. The monoisotopic (exact) mass is 284 g/mol. The SMILES string of the molecule is Nc1cc(F)c(Cl)cc1NCc1ccc(Cl)cc1. The predicted octanol–water partition coefficient (Wildman–Crippen LogP) is 4.33. The molecule has 0 saturated carbocycles. The van der Waals surface area contributed by atoms with Crippen LogP contribution >= 0.6 is 23.2 Å². The van der Waals surface area contributed by atoms with Crippen molar-refractivity contribution in [3.8, 4) is 0 Å². The highest BCUT2D eigenvalue weighted by atomic mass is 35.5. The van der Waals surface area contributed by atoms with Crippen LogP contribution in [0.2, 0.25) is 10.0 Å². The van der Waals surface area contributed by atoms with E-state index in [0.29, 0.717) is 22.9 Å². The Kier molecular flexibility index (Phi) is 3.94. The molecule has 5 heteroatoms. The topological polar surface area (TPSA) is 38.0 Å². The van der Waals surface area contributed by atoms with Crippen molar-refractivity contribution in [3.63, 3.8) is 0 Å². The number of nitrogens with two attached hydrogens (primary N) is 1. The van der Waals surface area contributed by atoms with Gasteiger partial charge in [-0.15, -0.1) is 0 Å². The zero-order chi connectivity index (χ0) is 13.1. The van der Waals surface area contributed by atoms with Crippen LogP contribution in [0.3, 0.4) is 0 Å². The van der Waals surface area contributed by atoms with Crippen LogP contribution in [0.25, 0.3) is 0 Å². The minimum absolute atomic E-state index is 0.0443. The van der Waals surface area contributed by atoms with Gasteiger partial charge in [-0.05, 0) is 23.8 Å². The Labute approximate surface area is 115 Å². The first-order chi connectivity index (χ1) is 8.56. The quantitative estimate of drug-likeness (QED) is 0.824. The number of hydrogen-bond donors (Lipinski definition) is 2. The summed E-state index contributed by atoms with van der Waals surface area (Å²) >= 11 is 11.5. The Bertz CT molecular complexity index is 556. The highest BCUT2D eigenvalue weighted by molar-refractivity contribution is 6.31. The smallest absolute Gasteiger partial charge is 0.143 e. The molecular formula is C13H11Cl2FN2. The standard InChI is InChI=1S/C13H11Cl2FN2/c14-9-3-1-8(2-4-9)7-18-13-5-10(15)11(16)6-12(13)17/h1-6,18H,7,17H2. The Morgan fingerprint density at radius 1 is 1.11 bits per heavy atom. The average molecular weight is 285 g/mol. The van der Waals surface area contributed by atoms with Gasteiger partial charge in [-0.25, -0.2) is 4.39 Å². The Morgan fingerprint density at radius 3 is 2.44 bits per heavy atom. The van der Waals surface area contributed by atoms with Crippen LogP contribution in [0.4, 0.5) is 15.8 Å². The van der Waals surface area contributed by atoms with E-state index >= 15 is 0 Å². The van der Waals surface area contributed by atoms with Crippen molar-refractivity contribution in [2.75, 3.05) is 11.1 Å². The van der Waals surface area contributed by atoms with E-state index in [-0.39, 0.29) is 5.02 Å². The lowest BCUT2D eigenvalue weighted by Crippen LogP contribution is -2.03. The average Bonchev–Trinajstić information content (AvgIpc) is 2.34. The molecule has 0 saturated heterocycles. The van der Waals surface area contributed by atoms with Crippen LogP contribution in [0.1, 0.15) is 5.56 Å². The number of rotatable bonds is 3. The molecule has 0 amide bonds. The van der Waals surface area contributed by atoms with E-state index in [0.717, 1.165) is 5.56 Å². The van der Waals surface area contributed by atoms with Gasteiger partial charge in [0.05, 0.1) is 16.4 Å². The Balaban J connectivity index is 2.10. The van der Waals surface area contributed by atoms with Crippen molar-refractivity contribution in [1.82, 2.24) is 0 Å². The zero-order valence-electron chi connectivity index (χ0n) is 9.38. The maximum Gasteiger partial charge on any atom is 0.143 e. The van der Waals surface area contributed by atoms with E-state index in [1.165, 1.54) is 12.1 Å². The number of anilines is 2. The summed E-state index contributed by atoms with van der Waals surface area (Å²) in [6.45, 7) is 0.559. The molecule has 2 rings (SSSR count). The summed E-state index contributed by atoms with van der Waals surface area (Å²) in [4.78, 5) is 0. The maximum absolute atomic E-state index is 13.1. The molecule has 0 spiro atoms. The molecule has 0 fully saturated rings. The predicted molar refractivity (Wildman–Crippen MR) is 74.6 cm³/mol. The summed E-state index contributed by atoms with van der Waals surface area (Å²) in [5.74, 6) is -0.522. The van der Waals surface area contributed by atoms with Gasteiger partial charge in [0.25, 0.3) is 0 Å². The van der Waals surface area contributed by atoms with Gasteiger partial charge in [0.2, 0.25) is 0 Å². The zero-order valence-corrected chi connectivity index (χ0v) is 10.9. The van der Waals surface area contributed by atoms with Crippen molar-refractivity contribution in [1.29, 1.82) is 0 Å². The van der Waals surface area contributed by atoms with Crippen LogP contribution < -0.4 is 11.1 Å². The fourth-order valence-electron chi connectivity index (χ4n) is 1.51.